The summed E-state index contributed by atoms with van der Waals surface area (Å²) in [4.78, 5) is 19.9. The number of para-hydroxylation sites is 1. The van der Waals surface area contributed by atoms with E-state index in [1.807, 2.05) is 92.7 Å². The van der Waals surface area contributed by atoms with Crippen LogP contribution in [-0.2, 0) is 5.41 Å². The Morgan fingerprint density at radius 3 is 1.95 bits per heavy atom. The first kappa shape index (κ1) is 47.2. The predicted molar refractivity (Wildman–Crippen MR) is 265 cm³/mol. The van der Waals surface area contributed by atoms with Crippen LogP contribution in [0.5, 0.6) is 23.0 Å². The minimum atomic E-state index is -0.125. The number of hydrogen-bond donors (Lipinski definition) is 2. The molecule has 6 nitrogen and oxygen atoms in total. The van der Waals surface area contributed by atoms with Crippen LogP contribution >= 0.6 is 11.6 Å². The molecule has 0 unspecified atom stereocenters. The van der Waals surface area contributed by atoms with Gasteiger partial charge in [-0.15, -0.1) is 0 Å². The number of halogens is 1. The number of ketones is 1. The zero-order valence-corrected chi connectivity index (χ0v) is 39.6. The Hall–Kier alpha value is -5.33. The number of ether oxygens (including phenoxy) is 2. The number of nitrogens with one attached hydrogen (secondary N) is 1. The number of pyridine rings is 1. The molecule has 0 amide bonds. The zero-order valence-electron chi connectivity index (χ0n) is 38.8. The first-order valence-corrected chi connectivity index (χ1v) is 23.6. The van der Waals surface area contributed by atoms with Gasteiger partial charge < -0.3 is 19.9 Å². The molecule has 0 saturated carbocycles. The molecule has 0 bridgehead atoms. The molecule has 7 heteroatoms. The lowest BCUT2D eigenvalue weighted by molar-refractivity contribution is 0.104. The Balaban J connectivity index is 0.00000326. The SMILES string of the molecule is CC.CCCCCCCCCCCCOc1ccc(Cl)cc1Nc1cc(Oc2ccc(C(C)(C)CC(C)(C)C)cc2)c2cc(-c3ccccc3O)nc3c2c1C(=O)c1ccccc1-3. The molecule has 1 aliphatic rings. The van der Waals surface area contributed by atoms with Crippen LogP contribution in [0.1, 0.15) is 148 Å². The maximum atomic E-state index is 14.7. The van der Waals surface area contributed by atoms with Gasteiger partial charge in [0.1, 0.15) is 23.0 Å². The summed E-state index contributed by atoms with van der Waals surface area (Å²) < 4.78 is 13.3. The van der Waals surface area contributed by atoms with Gasteiger partial charge in [0, 0.05) is 38.6 Å². The molecule has 0 radical (unpaired) electrons. The van der Waals surface area contributed by atoms with Gasteiger partial charge in [0.2, 0.25) is 0 Å². The number of unbranched alkanes of at least 4 members (excludes halogenated alkanes) is 9. The number of benzene rings is 5. The third-order valence-electron chi connectivity index (χ3n) is 11.7. The summed E-state index contributed by atoms with van der Waals surface area (Å²) in [5, 5.41) is 16.5. The summed E-state index contributed by atoms with van der Waals surface area (Å²) in [6.07, 6.45) is 13.5. The number of carbonyl (C=O) groups is 1. The van der Waals surface area contributed by atoms with Crippen molar-refractivity contribution in [1.82, 2.24) is 4.98 Å². The number of carbonyl (C=O) groups excluding carboxylic acids is 1. The van der Waals surface area contributed by atoms with Crippen molar-refractivity contribution in [3.63, 3.8) is 0 Å². The second-order valence-corrected chi connectivity index (χ2v) is 18.9. The molecule has 6 aromatic rings. The zero-order chi connectivity index (χ0) is 45.1. The number of aromatic hydroxyl groups is 1. The Labute approximate surface area is 381 Å². The third kappa shape index (κ3) is 11.6. The molecule has 0 aliphatic heterocycles. The smallest absolute Gasteiger partial charge is 0.196 e. The minimum Gasteiger partial charge on any atom is -0.507 e. The molecule has 1 heterocycles. The van der Waals surface area contributed by atoms with E-state index in [1.54, 1.807) is 12.1 Å². The Bertz CT molecular complexity index is 2480. The van der Waals surface area contributed by atoms with Crippen LogP contribution in [0.2, 0.25) is 5.02 Å². The molecule has 5 aromatic carbocycles. The van der Waals surface area contributed by atoms with Crippen LogP contribution in [0.4, 0.5) is 11.4 Å². The van der Waals surface area contributed by atoms with Crippen molar-refractivity contribution in [2.75, 3.05) is 11.9 Å². The number of anilines is 2. The number of fused-ring (bicyclic) bond motifs is 2. The highest BCUT2D eigenvalue weighted by atomic mass is 35.5. The molecule has 0 spiro atoms. The van der Waals surface area contributed by atoms with Gasteiger partial charge in [0.15, 0.2) is 5.78 Å². The highest BCUT2D eigenvalue weighted by molar-refractivity contribution is 6.31. The normalized spacial score (nSPS) is 12.1. The summed E-state index contributed by atoms with van der Waals surface area (Å²) in [7, 11) is 0. The molecular weight excluding hydrogens is 800 g/mol. The molecule has 1 aliphatic carbocycles. The number of hydrogen-bond acceptors (Lipinski definition) is 6. The van der Waals surface area contributed by atoms with Crippen LogP contribution in [-0.4, -0.2) is 22.5 Å². The van der Waals surface area contributed by atoms with E-state index in [0.29, 0.717) is 79.1 Å². The van der Waals surface area contributed by atoms with Crippen LogP contribution < -0.4 is 14.8 Å². The van der Waals surface area contributed by atoms with E-state index in [1.165, 1.54) is 56.9 Å². The lowest BCUT2D eigenvalue weighted by Gasteiger charge is -2.33. The van der Waals surface area contributed by atoms with Gasteiger partial charge in [-0.05, 0) is 77.8 Å². The van der Waals surface area contributed by atoms with Gasteiger partial charge in [0.05, 0.1) is 34.9 Å². The van der Waals surface area contributed by atoms with Gasteiger partial charge >= 0.3 is 0 Å². The molecule has 0 fully saturated rings. The van der Waals surface area contributed by atoms with Crippen LogP contribution in [0.3, 0.4) is 0 Å². The Kier molecular flexibility index (Phi) is 16.0. The fourth-order valence-electron chi connectivity index (χ4n) is 9.04. The maximum absolute atomic E-state index is 14.7. The summed E-state index contributed by atoms with van der Waals surface area (Å²) >= 11 is 6.65. The second-order valence-electron chi connectivity index (χ2n) is 18.5. The largest absolute Gasteiger partial charge is 0.507 e. The fourth-order valence-corrected chi connectivity index (χ4v) is 9.22. The maximum Gasteiger partial charge on any atom is 0.196 e. The lowest BCUT2D eigenvalue weighted by Crippen LogP contribution is -2.24. The average molecular weight is 868 g/mol. The first-order valence-electron chi connectivity index (χ1n) is 23.2. The van der Waals surface area contributed by atoms with Crippen molar-refractivity contribution < 1.29 is 19.4 Å². The molecular formula is C56H67ClN2O4. The molecule has 7 rings (SSSR count). The van der Waals surface area contributed by atoms with Gasteiger partial charge in [-0.25, -0.2) is 4.98 Å². The number of aromatic nitrogens is 1. The summed E-state index contributed by atoms with van der Waals surface area (Å²) in [6.45, 7) is 18.2. The fraction of sp³-hybridized carbons (Fsp3) is 0.393. The monoisotopic (exact) mass is 866 g/mol. The predicted octanol–water partition coefficient (Wildman–Crippen LogP) is 17.0. The van der Waals surface area contributed by atoms with E-state index in [4.69, 9.17) is 26.1 Å². The minimum absolute atomic E-state index is 0.0373. The summed E-state index contributed by atoms with van der Waals surface area (Å²) in [6, 6.07) is 32.4. The number of phenolic OH excluding ortho intramolecular Hbond substituents is 1. The Morgan fingerprint density at radius 2 is 1.30 bits per heavy atom. The number of nitrogens with zero attached hydrogens (tertiary/aromatic N) is 1. The topological polar surface area (TPSA) is 80.7 Å². The molecule has 2 N–H and O–H groups in total. The van der Waals surface area contributed by atoms with Crippen molar-refractivity contribution in [3.05, 3.63) is 125 Å². The van der Waals surface area contributed by atoms with Gasteiger partial charge in [-0.3, -0.25) is 4.79 Å². The van der Waals surface area contributed by atoms with Crippen molar-refractivity contribution in [2.45, 2.75) is 131 Å². The van der Waals surface area contributed by atoms with E-state index in [-0.39, 0.29) is 22.4 Å². The summed E-state index contributed by atoms with van der Waals surface area (Å²) in [5.41, 5.74) is 6.10. The van der Waals surface area contributed by atoms with E-state index < -0.39 is 0 Å². The van der Waals surface area contributed by atoms with E-state index >= 15 is 0 Å². The van der Waals surface area contributed by atoms with Crippen LogP contribution in [0, 0.1) is 5.41 Å². The van der Waals surface area contributed by atoms with Crippen molar-refractivity contribution >= 4 is 39.5 Å². The third-order valence-corrected chi connectivity index (χ3v) is 12.0. The molecule has 63 heavy (non-hydrogen) atoms. The average Bonchev–Trinajstić information content (AvgIpc) is 3.26. The molecule has 0 atom stereocenters. The highest BCUT2D eigenvalue weighted by Gasteiger charge is 2.32. The standard InChI is InChI=1S/C54H61ClN2O4.C2H6/c1-7-8-9-10-11-12-13-14-15-20-31-60-47-30-27-37(55)32-44(47)56-45-34-48(61-38-28-25-36(26-29-38)54(5,6)35-53(2,3)4)42-33-43(41-23-18-19-24-46(41)58)57-51-39-21-16-17-22-40(39)52(59)50(45)49(42)51;1-2/h16-19,21-30,32-34,56,58H,7-15,20,31,35H2,1-6H3;1-2H3. The van der Waals surface area contributed by atoms with Gasteiger partial charge in [-0.2, -0.15) is 0 Å². The van der Waals surface area contributed by atoms with E-state index in [2.05, 4.69) is 59.0 Å². The van der Waals surface area contributed by atoms with Gasteiger partial charge in [0.25, 0.3) is 0 Å². The number of phenols is 1. The number of rotatable bonds is 19. The Morgan fingerprint density at radius 1 is 0.683 bits per heavy atom. The van der Waals surface area contributed by atoms with E-state index in [9.17, 15) is 9.90 Å². The highest BCUT2D eigenvalue weighted by Crippen LogP contribution is 2.49. The van der Waals surface area contributed by atoms with Crippen LogP contribution in [0.15, 0.2) is 103 Å². The quantitative estimate of drug-likeness (QED) is 0.0788. The summed E-state index contributed by atoms with van der Waals surface area (Å²) in [5.74, 6) is 1.83. The molecule has 332 valence electrons. The second kappa shape index (κ2) is 21.4. The molecule has 0 saturated heterocycles. The van der Waals surface area contributed by atoms with Crippen LogP contribution in [0.25, 0.3) is 33.3 Å². The van der Waals surface area contributed by atoms with E-state index in [0.717, 1.165) is 24.8 Å². The van der Waals surface area contributed by atoms with Crippen molar-refractivity contribution in [1.29, 1.82) is 0 Å². The van der Waals surface area contributed by atoms with Crippen molar-refractivity contribution in [3.8, 4) is 45.5 Å². The molecule has 1 aromatic heterocycles. The van der Waals surface area contributed by atoms with Gasteiger partial charge in [-0.1, -0.05) is 173 Å². The first-order chi connectivity index (χ1) is 30.3. The lowest BCUT2D eigenvalue weighted by atomic mass is 9.72. The van der Waals surface area contributed by atoms with Crippen molar-refractivity contribution in [2.24, 2.45) is 5.41 Å².